The predicted octanol–water partition coefficient (Wildman–Crippen LogP) is 3.35. The van der Waals surface area contributed by atoms with E-state index in [0.717, 1.165) is 11.3 Å². The molecule has 104 valence electrons. The fourth-order valence-electron chi connectivity index (χ4n) is 1.87. The van der Waals surface area contributed by atoms with Crippen LogP contribution in [0.2, 0.25) is 0 Å². The highest BCUT2D eigenvalue weighted by Crippen LogP contribution is 2.23. The van der Waals surface area contributed by atoms with E-state index in [9.17, 15) is 4.39 Å². The third-order valence-electron chi connectivity index (χ3n) is 2.83. The molecule has 0 aliphatic heterocycles. The highest BCUT2D eigenvalue weighted by atomic mass is 32.1. The molecule has 2 aromatic rings. The number of hydrogen-bond acceptors (Lipinski definition) is 3. The van der Waals surface area contributed by atoms with Crippen molar-refractivity contribution in [2.45, 2.75) is 6.61 Å². The minimum absolute atomic E-state index is 0.0498. The molecule has 20 heavy (non-hydrogen) atoms. The molecule has 5 heteroatoms. The van der Waals surface area contributed by atoms with E-state index in [2.05, 4.69) is 5.32 Å². The zero-order valence-corrected chi connectivity index (χ0v) is 11.8. The quantitative estimate of drug-likeness (QED) is 0.829. The van der Waals surface area contributed by atoms with Gasteiger partial charge in [-0.2, -0.15) is 0 Å². The summed E-state index contributed by atoms with van der Waals surface area (Å²) in [4.78, 5) is 0.0498. The predicted molar refractivity (Wildman–Crippen MR) is 82.7 cm³/mol. The molecular weight excluding hydrogens is 275 g/mol. The van der Waals surface area contributed by atoms with Gasteiger partial charge in [-0.1, -0.05) is 30.4 Å². The number of rotatable bonds is 5. The van der Waals surface area contributed by atoms with Crippen LogP contribution < -0.4 is 11.1 Å². The molecule has 0 radical (unpaired) electrons. The van der Waals surface area contributed by atoms with E-state index >= 15 is 0 Å². The lowest BCUT2D eigenvalue weighted by Crippen LogP contribution is -2.11. The molecule has 0 saturated heterocycles. The van der Waals surface area contributed by atoms with E-state index < -0.39 is 5.82 Å². The molecule has 0 amide bonds. The summed E-state index contributed by atoms with van der Waals surface area (Å²) in [6, 6.07) is 12.4. The molecule has 0 bridgehead atoms. The van der Waals surface area contributed by atoms with Crippen LogP contribution in [0.15, 0.2) is 42.5 Å². The summed E-state index contributed by atoms with van der Waals surface area (Å²) in [6.07, 6.45) is 0. The van der Waals surface area contributed by atoms with Crippen LogP contribution in [0, 0.1) is 5.82 Å². The monoisotopic (exact) mass is 290 g/mol. The Morgan fingerprint density at radius 3 is 2.70 bits per heavy atom. The van der Waals surface area contributed by atoms with Gasteiger partial charge in [0.15, 0.2) is 0 Å². The van der Waals surface area contributed by atoms with Crippen LogP contribution >= 0.6 is 12.2 Å². The van der Waals surface area contributed by atoms with Gasteiger partial charge in [0.2, 0.25) is 0 Å². The minimum atomic E-state index is -0.438. The van der Waals surface area contributed by atoms with Gasteiger partial charge in [-0.15, -0.1) is 0 Å². The van der Waals surface area contributed by atoms with E-state index in [0.29, 0.717) is 12.3 Å². The van der Waals surface area contributed by atoms with Gasteiger partial charge in [-0.25, -0.2) is 4.39 Å². The lowest BCUT2D eigenvalue weighted by molar-refractivity contribution is 0.185. The Bertz CT molecular complexity index is 631. The molecule has 0 unspecified atom stereocenters. The Morgan fingerprint density at radius 1 is 1.30 bits per heavy atom. The molecule has 3 nitrogen and oxygen atoms in total. The van der Waals surface area contributed by atoms with Gasteiger partial charge >= 0.3 is 0 Å². The molecule has 0 aromatic heterocycles. The lowest BCUT2D eigenvalue weighted by atomic mass is 10.1. The Kier molecular flexibility index (Phi) is 4.65. The largest absolute Gasteiger partial charge is 0.389 e. The molecule has 0 heterocycles. The molecule has 0 saturated carbocycles. The van der Waals surface area contributed by atoms with Crippen LogP contribution in [0.25, 0.3) is 0 Å². The first kappa shape index (κ1) is 14.4. The molecular formula is C15H15FN2OS. The zero-order valence-electron chi connectivity index (χ0n) is 11.0. The summed E-state index contributed by atoms with van der Waals surface area (Å²) < 4.78 is 19.0. The van der Waals surface area contributed by atoms with E-state index in [1.807, 2.05) is 24.3 Å². The van der Waals surface area contributed by atoms with Gasteiger partial charge in [0.1, 0.15) is 10.8 Å². The molecule has 0 aliphatic rings. The summed E-state index contributed by atoms with van der Waals surface area (Å²) in [5, 5.41) is 3.16. The Hall–Kier alpha value is -1.98. The average Bonchev–Trinajstić information content (AvgIpc) is 2.41. The summed E-state index contributed by atoms with van der Waals surface area (Å²) in [6.45, 7) is 0.483. The number of thiocarbonyl (C=S) groups is 1. The molecule has 0 aliphatic carbocycles. The average molecular weight is 290 g/mol. The standard InChI is InChI=1S/C15H15FN2OS/c1-19-9-10-4-2-3-5-14(10)18-11-6-7-12(15(17)20)13(16)8-11/h2-8,18H,9H2,1H3,(H2,17,20). The Labute approximate surface area is 122 Å². The van der Waals surface area contributed by atoms with Gasteiger partial charge in [-0.05, 0) is 24.3 Å². The number of hydrogen-bond donors (Lipinski definition) is 2. The van der Waals surface area contributed by atoms with Crippen molar-refractivity contribution in [3.63, 3.8) is 0 Å². The third-order valence-corrected chi connectivity index (χ3v) is 3.05. The van der Waals surface area contributed by atoms with Crippen molar-refractivity contribution >= 4 is 28.6 Å². The smallest absolute Gasteiger partial charge is 0.135 e. The van der Waals surface area contributed by atoms with Gasteiger partial charge in [-0.3, -0.25) is 0 Å². The first-order chi connectivity index (χ1) is 9.61. The summed E-state index contributed by atoms with van der Waals surface area (Å²) >= 11 is 4.78. The topological polar surface area (TPSA) is 47.3 Å². The van der Waals surface area contributed by atoms with Crippen molar-refractivity contribution in [3.8, 4) is 0 Å². The van der Waals surface area contributed by atoms with Crippen LogP contribution in [-0.4, -0.2) is 12.1 Å². The number of nitrogens with two attached hydrogens (primary N) is 1. The summed E-state index contributed by atoms with van der Waals surface area (Å²) in [7, 11) is 1.63. The van der Waals surface area contributed by atoms with Gasteiger partial charge in [0.05, 0.1) is 6.61 Å². The summed E-state index contributed by atoms with van der Waals surface area (Å²) in [5.74, 6) is -0.438. The number of anilines is 2. The molecule has 0 spiro atoms. The maximum Gasteiger partial charge on any atom is 0.135 e. The van der Waals surface area contributed by atoms with Crippen molar-refractivity contribution in [3.05, 3.63) is 59.4 Å². The number of para-hydroxylation sites is 1. The van der Waals surface area contributed by atoms with Crippen molar-refractivity contribution in [1.29, 1.82) is 0 Å². The maximum absolute atomic E-state index is 13.8. The first-order valence-electron chi connectivity index (χ1n) is 6.05. The molecule has 0 fully saturated rings. The van der Waals surface area contributed by atoms with Crippen molar-refractivity contribution in [2.24, 2.45) is 5.73 Å². The van der Waals surface area contributed by atoms with Crippen LogP contribution in [0.5, 0.6) is 0 Å². The van der Waals surface area contributed by atoms with Gasteiger partial charge < -0.3 is 15.8 Å². The number of benzene rings is 2. The van der Waals surface area contributed by atoms with E-state index in [4.69, 9.17) is 22.7 Å². The van der Waals surface area contributed by atoms with Crippen molar-refractivity contribution in [1.82, 2.24) is 0 Å². The Balaban J connectivity index is 2.26. The highest BCUT2D eigenvalue weighted by Gasteiger charge is 2.07. The second-order valence-electron chi connectivity index (χ2n) is 4.27. The molecule has 2 aromatic carbocycles. The molecule has 0 atom stereocenters. The van der Waals surface area contributed by atoms with Gasteiger partial charge in [0, 0.05) is 29.6 Å². The SMILES string of the molecule is COCc1ccccc1Nc1ccc(C(N)=S)c(F)c1. The second-order valence-corrected chi connectivity index (χ2v) is 4.71. The molecule has 3 N–H and O–H groups in total. The van der Waals surface area contributed by atoms with Crippen molar-refractivity contribution in [2.75, 3.05) is 12.4 Å². The number of methoxy groups -OCH3 is 1. The van der Waals surface area contributed by atoms with Crippen LogP contribution in [0.1, 0.15) is 11.1 Å². The van der Waals surface area contributed by atoms with E-state index in [-0.39, 0.29) is 10.6 Å². The van der Waals surface area contributed by atoms with Crippen LogP contribution in [0.3, 0.4) is 0 Å². The number of halogens is 1. The minimum Gasteiger partial charge on any atom is -0.389 e. The van der Waals surface area contributed by atoms with Crippen LogP contribution in [-0.2, 0) is 11.3 Å². The van der Waals surface area contributed by atoms with E-state index in [1.165, 1.54) is 6.07 Å². The van der Waals surface area contributed by atoms with Gasteiger partial charge in [0.25, 0.3) is 0 Å². The number of ether oxygens (including phenoxy) is 1. The second kappa shape index (κ2) is 6.45. The summed E-state index contributed by atoms with van der Waals surface area (Å²) in [5.41, 5.74) is 8.18. The first-order valence-corrected chi connectivity index (χ1v) is 6.46. The fraction of sp³-hybridized carbons (Fsp3) is 0.133. The number of nitrogens with one attached hydrogen (secondary N) is 1. The molecule has 2 rings (SSSR count). The maximum atomic E-state index is 13.8. The van der Waals surface area contributed by atoms with Crippen LogP contribution in [0.4, 0.5) is 15.8 Å². The lowest BCUT2D eigenvalue weighted by Gasteiger charge is -2.12. The fourth-order valence-corrected chi connectivity index (χ4v) is 2.04. The zero-order chi connectivity index (χ0) is 14.5. The normalized spacial score (nSPS) is 10.3. The van der Waals surface area contributed by atoms with E-state index in [1.54, 1.807) is 19.2 Å². The third kappa shape index (κ3) is 3.31. The Morgan fingerprint density at radius 2 is 2.05 bits per heavy atom. The van der Waals surface area contributed by atoms with Crippen molar-refractivity contribution < 1.29 is 9.13 Å². The highest BCUT2D eigenvalue weighted by molar-refractivity contribution is 7.80.